The minimum absolute atomic E-state index is 0.175. The first-order valence-electron chi connectivity index (χ1n) is 12.5. The molecule has 0 radical (unpaired) electrons. The SMILES string of the molecule is CCOC(=O)C1=C(CN2CCN(Cc3ccccc3)CC2)N(CC)C(=O)N[C@H]1c1ccccc1C. The van der Waals surface area contributed by atoms with Crippen LogP contribution in [0.25, 0.3) is 0 Å². The number of hydrogen-bond donors (Lipinski definition) is 1. The molecule has 2 heterocycles. The molecule has 0 aliphatic carbocycles. The third-order valence-electron chi connectivity index (χ3n) is 6.84. The van der Waals surface area contributed by atoms with Crippen LogP contribution in [0.5, 0.6) is 0 Å². The highest BCUT2D eigenvalue weighted by Crippen LogP contribution is 2.33. The topological polar surface area (TPSA) is 65.1 Å². The van der Waals surface area contributed by atoms with E-state index in [0.717, 1.165) is 49.5 Å². The largest absolute Gasteiger partial charge is 0.463 e. The predicted molar refractivity (Wildman–Crippen MR) is 137 cm³/mol. The van der Waals surface area contributed by atoms with Gasteiger partial charge in [0.1, 0.15) is 0 Å². The van der Waals surface area contributed by atoms with Gasteiger partial charge in [-0.1, -0.05) is 54.6 Å². The molecule has 186 valence electrons. The van der Waals surface area contributed by atoms with Gasteiger partial charge >= 0.3 is 12.0 Å². The van der Waals surface area contributed by atoms with E-state index >= 15 is 0 Å². The minimum Gasteiger partial charge on any atom is -0.463 e. The molecule has 1 saturated heterocycles. The number of piperazine rings is 1. The van der Waals surface area contributed by atoms with E-state index in [9.17, 15) is 9.59 Å². The van der Waals surface area contributed by atoms with Crippen LogP contribution in [-0.2, 0) is 16.1 Å². The Hall–Kier alpha value is -3.16. The first-order valence-corrected chi connectivity index (χ1v) is 12.5. The first-order chi connectivity index (χ1) is 17.0. The highest BCUT2D eigenvalue weighted by Gasteiger charge is 2.38. The van der Waals surface area contributed by atoms with Crippen molar-refractivity contribution in [1.29, 1.82) is 0 Å². The summed E-state index contributed by atoms with van der Waals surface area (Å²) in [5.74, 6) is -0.364. The fourth-order valence-corrected chi connectivity index (χ4v) is 4.96. The van der Waals surface area contributed by atoms with Crippen molar-refractivity contribution >= 4 is 12.0 Å². The maximum Gasteiger partial charge on any atom is 0.338 e. The molecule has 7 nitrogen and oxygen atoms in total. The average molecular weight is 477 g/mol. The number of amides is 2. The van der Waals surface area contributed by atoms with Gasteiger partial charge in [-0.2, -0.15) is 0 Å². The summed E-state index contributed by atoms with van der Waals surface area (Å²) >= 11 is 0. The molecule has 1 atom stereocenters. The smallest absolute Gasteiger partial charge is 0.338 e. The van der Waals surface area contributed by atoms with Gasteiger partial charge in [0.05, 0.1) is 18.2 Å². The number of hydrogen-bond acceptors (Lipinski definition) is 5. The fourth-order valence-electron chi connectivity index (χ4n) is 4.96. The molecule has 2 aromatic carbocycles. The van der Waals surface area contributed by atoms with E-state index in [0.29, 0.717) is 18.7 Å². The molecule has 0 bridgehead atoms. The molecule has 2 amide bonds. The lowest BCUT2D eigenvalue weighted by atomic mass is 9.91. The Bertz CT molecular complexity index is 1060. The number of carbonyl (C=O) groups excluding carboxylic acids is 2. The zero-order chi connectivity index (χ0) is 24.8. The van der Waals surface area contributed by atoms with Gasteiger partial charge in [0, 0.05) is 51.5 Å². The van der Waals surface area contributed by atoms with E-state index in [2.05, 4.69) is 39.4 Å². The van der Waals surface area contributed by atoms with Crippen LogP contribution in [0.15, 0.2) is 65.9 Å². The molecular formula is C28H36N4O3. The number of aryl methyl sites for hydroxylation is 1. The lowest BCUT2D eigenvalue weighted by Crippen LogP contribution is -2.53. The summed E-state index contributed by atoms with van der Waals surface area (Å²) in [5.41, 5.74) is 4.55. The molecule has 0 unspecified atom stereocenters. The number of nitrogens with one attached hydrogen (secondary N) is 1. The van der Waals surface area contributed by atoms with Crippen LogP contribution >= 0.6 is 0 Å². The fraction of sp³-hybridized carbons (Fsp3) is 0.429. The van der Waals surface area contributed by atoms with Crippen molar-refractivity contribution in [1.82, 2.24) is 20.0 Å². The Morgan fingerprint density at radius 3 is 2.20 bits per heavy atom. The number of esters is 1. The Balaban J connectivity index is 1.59. The van der Waals surface area contributed by atoms with Crippen molar-refractivity contribution in [2.24, 2.45) is 0 Å². The Morgan fingerprint density at radius 2 is 1.57 bits per heavy atom. The van der Waals surface area contributed by atoms with E-state index < -0.39 is 6.04 Å². The highest BCUT2D eigenvalue weighted by molar-refractivity contribution is 5.95. The van der Waals surface area contributed by atoms with Crippen molar-refractivity contribution in [3.8, 4) is 0 Å². The summed E-state index contributed by atoms with van der Waals surface area (Å²) in [4.78, 5) is 32.9. The van der Waals surface area contributed by atoms with Crippen LogP contribution in [0.2, 0.25) is 0 Å². The number of nitrogens with zero attached hydrogens (tertiary/aromatic N) is 3. The molecule has 2 aliphatic heterocycles. The monoisotopic (exact) mass is 476 g/mol. The molecule has 1 N–H and O–H groups in total. The van der Waals surface area contributed by atoms with E-state index in [1.165, 1.54) is 5.56 Å². The Morgan fingerprint density at radius 1 is 0.943 bits per heavy atom. The number of benzene rings is 2. The van der Waals surface area contributed by atoms with Gasteiger partial charge in [0.15, 0.2) is 0 Å². The van der Waals surface area contributed by atoms with E-state index in [1.807, 2.05) is 51.1 Å². The summed E-state index contributed by atoms with van der Waals surface area (Å²) < 4.78 is 5.50. The van der Waals surface area contributed by atoms with Crippen LogP contribution in [0.1, 0.15) is 36.6 Å². The van der Waals surface area contributed by atoms with Crippen LogP contribution in [0.4, 0.5) is 4.79 Å². The standard InChI is InChI=1S/C28H36N4O3/c1-4-32-24(20-31-17-15-30(16-18-31)19-22-12-7-6-8-13-22)25(27(33)35-5-2)26(29-28(32)34)23-14-10-9-11-21(23)3/h6-14,26H,4-5,15-20H2,1-3H3,(H,29,34)/t26-/m0/s1. The minimum atomic E-state index is -0.528. The molecule has 7 heteroatoms. The second-order valence-electron chi connectivity index (χ2n) is 9.10. The Labute approximate surface area is 208 Å². The van der Waals surface area contributed by atoms with Crippen LogP contribution in [0, 0.1) is 6.92 Å². The molecule has 2 aliphatic rings. The quantitative estimate of drug-likeness (QED) is 0.589. The molecule has 35 heavy (non-hydrogen) atoms. The van der Waals surface area contributed by atoms with Crippen LogP contribution < -0.4 is 5.32 Å². The second-order valence-corrected chi connectivity index (χ2v) is 9.10. The van der Waals surface area contributed by atoms with Crippen molar-refractivity contribution in [2.45, 2.75) is 33.4 Å². The van der Waals surface area contributed by atoms with Crippen LogP contribution in [0.3, 0.4) is 0 Å². The third kappa shape index (κ3) is 5.74. The summed E-state index contributed by atoms with van der Waals surface area (Å²) in [6.07, 6.45) is 0. The second kappa shape index (κ2) is 11.5. The number of carbonyl (C=O) groups is 2. The molecule has 4 rings (SSSR count). The van der Waals surface area contributed by atoms with Gasteiger partial charge in [0.2, 0.25) is 0 Å². The number of rotatable bonds is 8. The zero-order valence-corrected chi connectivity index (χ0v) is 21.0. The summed E-state index contributed by atoms with van der Waals surface area (Å²) in [6.45, 7) is 11.6. The Kier molecular flexibility index (Phi) is 8.21. The molecule has 1 fully saturated rings. The normalized spacial score (nSPS) is 19.6. The maximum atomic E-state index is 13.3. The van der Waals surface area contributed by atoms with Gasteiger partial charge in [-0.25, -0.2) is 9.59 Å². The summed E-state index contributed by atoms with van der Waals surface area (Å²) in [7, 11) is 0. The third-order valence-corrected chi connectivity index (χ3v) is 6.84. The van der Waals surface area contributed by atoms with E-state index in [-0.39, 0.29) is 18.6 Å². The van der Waals surface area contributed by atoms with Gasteiger partial charge < -0.3 is 10.1 Å². The van der Waals surface area contributed by atoms with E-state index in [1.54, 1.807) is 4.90 Å². The maximum absolute atomic E-state index is 13.3. The van der Waals surface area contributed by atoms with Crippen molar-refractivity contribution < 1.29 is 14.3 Å². The summed E-state index contributed by atoms with van der Waals surface area (Å²) in [5, 5.41) is 3.07. The molecule has 2 aromatic rings. The highest BCUT2D eigenvalue weighted by atomic mass is 16.5. The zero-order valence-electron chi connectivity index (χ0n) is 21.0. The first kappa shape index (κ1) is 24.9. The van der Waals surface area contributed by atoms with Crippen molar-refractivity contribution in [2.75, 3.05) is 45.9 Å². The van der Waals surface area contributed by atoms with Crippen LogP contribution in [-0.4, -0.2) is 72.6 Å². The number of urea groups is 1. The molecule has 0 aromatic heterocycles. The molecule has 0 saturated carbocycles. The summed E-state index contributed by atoms with van der Waals surface area (Å²) in [6, 6.07) is 17.7. The predicted octanol–water partition coefficient (Wildman–Crippen LogP) is 3.72. The van der Waals surface area contributed by atoms with Gasteiger partial charge in [0.25, 0.3) is 0 Å². The molecular weight excluding hydrogens is 440 g/mol. The van der Waals surface area contributed by atoms with Crippen molar-refractivity contribution in [3.63, 3.8) is 0 Å². The lowest BCUT2D eigenvalue weighted by molar-refractivity contribution is -0.139. The number of likely N-dealkylation sites (N-methyl/N-ethyl adjacent to an activating group) is 1. The van der Waals surface area contributed by atoms with Gasteiger partial charge in [-0.3, -0.25) is 14.7 Å². The molecule has 0 spiro atoms. The average Bonchev–Trinajstić information content (AvgIpc) is 2.86. The van der Waals surface area contributed by atoms with Gasteiger partial charge in [-0.05, 0) is 37.5 Å². The van der Waals surface area contributed by atoms with Gasteiger partial charge in [-0.15, -0.1) is 0 Å². The number of ether oxygens (including phenoxy) is 1. The van der Waals surface area contributed by atoms with Crippen molar-refractivity contribution in [3.05, 3.63) is 82.6 Å². The van der Waals surface area contributed by atoms with E-state index in [4.69, 9.17) is 4.74 Å². The lowest BCUT2D eigenvalue weighted by Gasteiger charge is -2.40.